The van der Waals surface area contributed by atoms with E-state index in [-0.39, 0.29) is 18.3 Å². The van der Waals surface area contributed by atoms with Crippen LogP contribution in [-0.4, -0.2) is 12.5 Å². The fourth-order valence-corrected chi connectivity index (χ4v) is 1.50. The second-order valence-electron chi connectivity index (χ2n) is 4.05. The third-order valence-corrected chi connectivity index (χ3v) is 2.88. The minimum absolute atomic E-state index is 0. The Bertz CT molecular complexity index is 369. The van der Waals surface area contributed by atoms with Crippen molar-refractivity contribution >= 4 is 46.6 Å². The van der Waals surface area contributed by atoms with Crippen molar-refractivity contribution in [1.29, 1.82) is 0 Å². The van der Waals surface area contributed by atoms with E-state index >= 15 is 0 Å². The minimum atomic E-state index is -0.527. The van der Waals surface area contributed by atoms with E-state index in [1.54, 1.807) is 0 Å². The minimum Gasteiger partial charge on any atom is -0.329 e. The fraction of sp³-hybridized carbons (Fsp3) is 0.364. The van der Waals surface area contributed by atoms with Crippen molar-refractivity contribution in [2.75, 3.05) is 11.9 Å². The smallest absolute Gasteiger partial charge is 0.231 e. The monoisotopic (exact) mass is 354 g/mol. The van der Waals surface area contributed by atoms with Crippen molar-refractivity contribution < 1.29 is 4.79 Å². The summed E-state index contributed by atoms with van der Waals surface area (Å²) >= 11 is 2.21. The molecule has 0 radical (unpaired) electrons. The van der Waals surface area contributed by atoms with Gasteiger partial charge in [-0.3, -0.25) is 4.79 Å². The fourth-order valence-electron chi connectivity index (χ4n) is 0.959. The molecule has 0 aliphatic rings. The van der Waals surface area contributed by atoms with Gasteiger partial charge < -0.3 is 11.1 Å². The molecule has 0 aromatic heterocycles. The molecule has 0 fully saturated rings. The molecule has 1 aromatic carbocycles. The Labute approximate surface area is 116 Å². The van der Waals surface area contributed by atoms with E-state index in [1.165, 1.54) is 0 Å². The second-order valence-corrected chi connectivity index (χ2v) is 5.30. The quantitative estimate of drug-likeness (QED) is 0.820. The Morgan fingerprint density at radius 3 is 2.62 bits per heavy atom. The van der Waals surface area contributed by atoms with Crippen LogP contribution in [0.1, 0.15) is 13.8 Å². The molecule has 0 atom stereocenters. The van der Waals surface area contributed by atoms with Gasteiger partial charge in [-0.15, -0.1) is 12.4 Å². The van der Waals surface area contributed by atoms with Gasteiger partial charge in [0, 0.05) is 15.8 Å². The number of halogens is 2. The first-order valence-electron chi connectivity index (χ1n) is 4.73. The van der Waals surface area contributed by atoms with Gasteiger partial charge in [-0.25, -0.2) is 0 Å². The molecule has 3 N–H and O–H groups in total. The number of hydrogen-bond acceptors (Lipinski definition) is 2. The zero-order chi connectivity index (χ0) is 11.5. The molecule has 1 rings (SSSR count). The van der Waals surface area contributed by atoms with E-state index in [0.29, 0.717) is 6.54 Å². The van der Waals surface area contributed by atoms with E-state index < -0.39 is 5.41 Å². The largest absolute Gasteiger partial charge is 0.329 e. The molecule has 0 bridgehead atoms. The predicted molar refractivity (Wildman–Crippen MR) is 77.9 cm³/mol. The Hall–Kier alpha value is -0.330. The van der Waals surface area contributed by atoms with Gasteiger partial charge in [-0.05, 0) is 54.6 Å². The summed E-state index contributed by atoms with van der Waals surface area (Å²) in [6, 6.07) is 7.68. The standard InChI is InChI=1S/C11H15IN2O.ClH/c1-11(2,7-13)10(15)14-9-5-3-4-8(12)6-9;/h3-6H,7,13H2,1-2H3,(H,14,15);1H. The number of amides is 1. The van der Waals surface area contributed by atoms with Crippen molar-refractivity contribution in [3.63, 3.8) is 0 Å². The second kappa shape index (κ2) is 6.42. The van der Waals surface area contributed by atoms with Crippen LogP contribution in [0.25, 0.3) is 0 Å². The highest BCUT2D eigenvalue weighted by Gasteiger charge is 2.25. The normalized spacial score (nSPS) is 10.5. The van der Waals surface area contributed by atoms with Crippen molar-refractivity contribution in [1.82, 2.24) is 0 Å². The van der Waals surface area contributed by atoms with Gasteiger partial charge in [0.15, 0.2) is 0 Å². The summed E-state index contributed by atoms with van der Waals surface area (Å²) in [7, 11) is 0. The highest BCUT2D eigenvalue weighted by Crippen LogP contribution is 2.18. The van der Waals surface area contributed by atoms with Gasteiger partial charge in [0.25, 0.3) is 0 Å². The lowest BCUT2D eigenvalue weighted by Gasteiger charge is -2.21. The first kappa shape index (κ1) is 15.7. The zero-order valence-corrected chi connectivity index (χ0v) is 12.3. The summed E-state index contributed by atoms with van der Waals surface area (Å²) in [5.74, 6) is -0.0491. The molecule has 0 unspecified atom stereocenters. The first-order chi connectivity index (χ1) is 6.95. The van der Waals surface area contributed by atoms with Gasteiger partial charge in [0.2, 0.25) is 5.91 Å². The molecule has 0 spiro atoms. The van der Waals surface area contributed by atoms with Gasteiger partial charge in [0.05, 0.1) is 5.41 Å². The topological polar surface area (TPSA) is 55.1 Å². The van der Waals surface area contributed by atoms with Crippen LogP contribution in [0.2, 0.25) is 0 Å². The van der Waals surface area contributed by atoms with Crippen LogP contribution >= 0.6 is 35.0 Å². The first-order valence-corrected chi connectivity index (χ1v) is 5.81. The average molecular weight is 355 g/mol. The van der Waals surface area contributed by atoms with Crippen molar-refractivity contribution in [2.45, 2.75) is 13.8 Å². The SMILES string of the molecule is CC(C)(CN)C(=O)Nc1cccc(I)c1.Cl. The molecule has 90 valence electrons. The van der Waals surface area contributed by atoms with Crippen molar-refractivity contribution in [2.24, 2.45) is 11.1 Å². The molecule has 0 heterocycles. The number of hydrogen-bond donors (Lipinski definition) is 2. The number of carbonyl (C=O) groups is 1. The zero-order valence-electron chi connectivity index (χ0n) is 9.29. The lowest BCUT2D eigenvalue weighted by molar-refractivity contribution is -0.123. The number of nitrogens with two attached hydrogens (primary N) is 1. The molecule has 1 aromatic rings. The molecular formula is C11H16ClIN2O. The van der Waals surface area contributed by atoms with Crippen LogP contribution in [-0.2, 0) is 4.79 Å². The highest BCUT2D eigenvalue weighted by atomic mass is 127. The van der Waals surface area contributed by atoms with Crippen molar-refractivity contribution in [3.05, 3.63) is 27.8 Å². The predicted octanol–water partition coefficient (Wildman–Crippen LogP) is 2.64. The van der Waals surface area contributed by atoms with Crippen molar-refractivity contribution in [3.8, 4) is 0 Å². The summed E-state index contributed by atoms with van der Waals surface area (Å²) in [5.41, 5.74) is 5.82. The van der Waals surface area contributed by atoms with Crippen LogP contribution in [0.5, 0.6) is 0 Å². The van der Waals surface area contributed by atoms with E-state index in [4.69, 9.17) is 5.73 Å². The third kappa shape index (κ3) is 4.27. The molecule has 1 amide bonds. The van der Waals surface area contributed by atoms with E-state index in [1.807, 2.05) is 38.1 Å². The molecule has 16 heavy (non-hydrogen) atoms. The number of nitrogens with one attached hydrogen (secondary N) is 1. The Morgan fingerprint density at radius 2 is 2.12 bits per heavy atom. The van der Waals surface area contributed by atoms with Crippen LogP contribution in [0, 0.1) is 8.99 Å². The molecule has 3 nitrogen and oxygen atoms in total. The van der Waals surface area contributed by atoms with Gasteiger partial charge >= 0.3 is 0 Å². The highest BCUT2D eigenvalue weighted by molar-refractivity contribution is 14.1. The maximum Gasteiger partial charge on any atom is 0.231 e. The van der Waals surface area contributed by atoms with Gasteiger partial charge in [-0.1, -0.05) is 6.07 Å². The number of carbonyl (C=O) groups excluding carboxylic acids is 1. The van der Waals surface area contributed by atoms with Gasteiger partial charge in [-0.2, -0.15) is 0 Å². The number of rotatable bonds is 3. The van der Waals surface area contributed by atoms with Crippen LogP contribution in [0.15, 0.2) is 24.3 Å². The molecule has 0 saturated heterocycles. The molecule has 0 saturated carbocycles. The number of anilines is 1. The average Bonchev–Trinajstić information content (AvgIpc) is 2.17. The Balaban J connectivity index is 0.00000225. The third-order valence-electron chi connectivity index (χ3n) is 2.21. The summed E-state index contributed by atoms with van der Waals surface area (Å²) < 4.78 is 1.09. The van der Waals surface area contributed by atoms with Crippen LogP contribution in [0.3, 0.4) is 0 Å². The lowest BCUT2D eigenvalue weighted by atomic mass is 9.92. The molecule has 0 aliphatic carbocycles. The summed E-state index contributed by atoms with van der Waals surface area (Å²) in [4.78, 5) is 11.8. The van der Waals surface area contributed by atoms with E-state index in [2.05, 4.69) is 27.9 Å². The lowest BCUT2D eigenvalue weighted by Crippen LogP contribution is -2.37. The Kier molecular flexibility index (Phi) is 6.28. The molecule has 0 aliphatic heterocycles. The Morgan fingerprint density at radius 1 is 1.50 bits per heavy atom. The summed E-state index contributed by atoms with van der Waals surface area (Å²) in [5, 5.41) is 2.85. The van der Waals surface area contributed by atoms with Crippen LogP contribution < -0.4 is 11.1 Å². The molecule has 5 heteroatoms. The number of benzene rings is 1. The van der Waals surface area contributed by atoms with Gasteiger partial charge in [0.1, 0.15) is 0 Å². The van der Waals surface area contributed by atoms with E-state index in [9.17, 15) is 4.79 Å². The maximum atomic E-state index is 11.8. The maximum absolute atomic E-state index is 11.8. The van der Waals surface area contributed by atoms with Crippen LogP contribution in [0.4, 0.5) is 5.69 Å². The van der Waals surface area contributed by atoms with E-state index in [0.717, 1.165) is 9.26 Å². The summed E-state index contributed by atoms with van der Waals surface area (Å²) in [6.07, 6.45) is 0. The summed E-state index contributed by atoms with van der Waals surface area (Å²) in [6.45, 7) is 4.00. The molecular weight excluding hydrogens is 338 g/mol.